The molecule has 2 saturated heterocycles. The molecule has 5 heteroatoms. The molecule has 2 heterocycles. The van der Waals surface area contributed by atoms with Gasteiger partial charge in [0.05, 0.1) is 13.5 Å². The second-order valence-corrected chi connectivity index (χ2v) is 7.34. The predicted molar refractivity (Wildman–Crippen MR) is 100.0 cm³/mol. The number of carbonyl (C=O) groups excluding carboxylic acids is 1. The topological polar surface area (TPSA) is 36.0 Å². The van der Waals surface area contributed by atoms with Crippen molar-refractivity contribution in [3.8, 4) is 5.75 Å². The smallest absolute Gasteiger partial charge is 0.227 e. The Bertz CT molecular complexity index is 553. The summed E-state index contributed by atoms with van der Waals surface area (Å²) in [6.07, 6.45) is 4.48. The van der Waals surface area contributed by atoms with Crippen LogP contribution in [0.3, 0.4) is 0 Å². The second-order valence-electron chi connectivity index (χ2n) is 7.34. The van der Waals surface area contributed by atoms with Crippen molar-refractivity contribution in [1.82, 2.24) is 14.7 Å². The van der Waals surface area contributed by atoms with Gasteiger partial charge in [-0.15, -0.1) is 0 Å². The molecule has 0 N–H and O–H groups in total. The summed E-state index contributed by atoms with van der Waals surface area (Å²) in [5.41, 5.74) is 1.05. The van der Waals surface area contributed by atoms with Crippen molar-refractivity contribution in [2.75, 3.05) is 53.4 Å². The molecule has 2 aliphatic rings. The van der Waals surface area contributed by atoms with Crippen molar-refractivity contribution in [2.45, 2.75) is 31.7 Å². The molecule has 25 heavy (non-hydrogen) atoms. The lowest BCUT2D eigenvalue weighted by atomic mass is 10.0. The van der Waals surface area contributed by atoms with Gasteiger partial charge in [-0.05, 0) is 44.1 Å². The number of amides is 1. The molecule has 1 atom stereocenters. The molecule has 3 rings (SSSR count). The Kier molecular flexibility index (Phi) is 6.32. The van der Waals surface area contributed by atoms with Gasteiger partial charge in [0, 0.05) is 38.8 Å². The van der Waals surface area contributed by atoms with Gasteiger partial charge in [0.25, 0.3) is 0 Å². The van der Waals surface area contributed by atoms with E-state index in [4.69, 9.17) is 4.74 Å². The summed E-state index contributed by atoms with van der Waals surface area (Å²) in [5, 5.41) is 0. The molecule has 0 bridgehead atoms. The number of piperazine rings is 1. The fourth-order valence-corrected chi connectivity index (χ4v) is 3.88. The number of rotatable bonds is 5. The Labute approximate surface area is 151 Å². The van der Waals surface area contributed by atoms with Crippen LogP contribution in [0.25, 0.3) is 0 Å². The first kappa shape index (κ1) is 18.2. The normalized spacial score (nSPS) is 22.8. The Morgan fingerprint density at radius 1 is 1.08 bits per heavy atom. The molecule has 1 amide bonds. The lowest BCUT2D eigenvalue weighted by molar-refractivity contribution is -0.132. The van der Waals surface area contributed by atoms with Crippen molar-refractivity contribution in [2.24, 2.45) is 0 Å². The SMILES string of the molecule is COc1ccc(CC(=O)N2CCN(C[C@@H]3CCCCN3C)CC2)cc1. The third kappa shape index (κ3) is 4.95. The molecule has 0 spiro atoms. The zero-order valence-electron chi connectivity index (χ0n) is 15.6. The van der Waals surface area contributed by atoms with Crippen LogP contribution in [-0.4, -0.2) is 80.1 Å². The number of carbonyl (C=O) groups is 1. The first-order chi connectivity index (χ1) is 12.2. The monoisotopic (exact) mass is 345 g/mol. The van der Waals surface area contributed by atoms with Gasteiger partial charge in [-0.2, -0.15) is 0 Å². The van der Waals surface area contributed by atoms with Gasteiger partial charge >= 0.3 is 0 Å². The highest BCUT2D eigenvalue weighted by Crippen LogP contribution is 2.17. The average molecular weight is 345 g/mol. The summed E-state index contributed by atoms with van der Waals surface area (Å²) in [7, 11) is 3.91. The summed E-state index contributed by atoms with van der Waals surface area (Å²) in [5.74, 6) is 1.07. The van der Waals surface area contributed by atoms with Gasteiger partial charge in [-0.1, -0.05) is 18.6 Å². The molecule has 2 fully saturated rings. The number of likely N-dealkylation sites (tertiary alicyclic amines) is 1. The van der Waals surface area contributed by atoms with E-state index in [1.54, 1.807) is 7.11 Å². The highest BCUT2D eigenvalue weighted by atomic mass is 16.5. The standard InChI is InChI=1S/C20H31N3O2/c1-21-10-4-3-5-18(21)16-22-11-13-23(14-12-22)20(24)15-17-6-8-19(25-2)9-7-17/h6-9,18H,3-5,10-16H2,1-2H3/t18-/m0/s1. The van der Waals surface area contributed by atoms with Gasteiger partial charge in [0.1, 0.15) is 5.75 Å². The van der Waals surface area contributed by atoms with Crippen LogP contribution in [-0.2, 0) is 11.2 Å². The lowest BCUT2D eigenvalue weighted by Crippen LogP contribution is -2.53. The highest BCUT2D eigenvalue weighted by molar-refractivity contribution is 5.78. The molecule has 0 saturated carbocycles. The summed E-state index contributed by atoms with van der Waals surface area (Å²) >= 11 is 0. The van der Waals surface area contributed by atoms with E-state index < -0.39 is 0 Å². The predicted octanol–water partition coefficient (Wildman–Crippen LogP) is 1.87. The maximum absolute atomic E-state index is 12.5. The third-order valence-corrected chi connectivity index (χ3v) is 5.63. The third-order valence-electron chi connectivity index (χ3n) is 5.63. The first-order valence-electron chi connectivity index (χ1n) is 9.49. The van der Waals surface area contributed by atoms with Crippen LogP contribution >= 0.6 is 0 Å². The Morgan fingerprint density at radius 2 is 1.80 bits per heavy atom. The van der Waals surface area contributed by atoms with Crippen LogP contribution in [0.5, 0.6) is 5.75 Å². The van der Waals surface area contributed by atoms with Crippen LogP contribution in [0.4, 0.5) is 0 Å². The van der Waals surface area contributed by atoms with Crippen molar-refractivity contribution in [1.29, 1.82) is 0 Å². The number of benzene rings is 1. The molecule has 1 aromatic carbocycles. The molecule has 138 valence electrons. The minimum atomic E-state index is 0.236. The van der Waals surface area contributed by atoms with Crippen LogP contribution in [0.2, 0.25) is 0 Å². The van der Waals surface area contributed by atoms with Crippen LogP contribution in [0.15, 0.2) is 24.3 Å². The van der Waals surface area contributed by atoms with E-state index in [0.29, 0.717) is 12.5 Å². The molecular formula is C20H31N3O2. The fraction of sp³-hybridized carbons (Fsp3) is 0.650. The maximum atomic E-state index is 12.5. The fourth-order valence-electron chi connectivity index (χ4n) is 3.88. The molecule has 0 unspecified atom stereocenters. The number of likely N-dealkylation sites (N-methyl/N-ethyl adjacent to an activating group) is 1. The summed E-state index contributed by atoms with van der Waals surface area (Å²) in [6, 6.07) is 8.48. The minimum Gasteiger partial charge on any atom is -0.497 e. The van der Waals surface area contributed by atoms with Crippen molar-refractivity contribution in [3.05, 3.63) is 29.8 Å². The van der Waals surface area contributed by atoms with Crippen LogP contribution in [0, 0.1) is 0 Å². The van der Waals surface area contributed by atoms with Gasteiger partial charge in [-0.3, -0.25) is 9.69 Å². The van der Waals surface area contributed by atoms with Crippen LogP contribution in [0.1, 0.15) is 24.8 Å². The first-order valence-corrected chi connectivity index (χ1v) is 9.49. The summed E-state index contributed by atoms with van der Waals surface area (Å²) in [4.78, 5) is 19.6. The molecule has 5 nitrogen and oxygen atoms in total. The van der Waals surface area contributed by atoms with Crippen LogP contribution < -0.4 is 4.74 Å². The Balaban J connectivity index is 1.44. The Morgan fingerprint density at radius 3 is 2.44 bits per heavy atom. The van der Waals surface area contributed by atoms with Crippen molar-refractivity contribution >= 4 is 5.91 Å². The van der Waals surface area contributed by atoms with E-state index in [1.165, 1.54) is 25.8 Å². The minimum absolute atomic E-state index is 0.236. The number of hydrogen-bond donors (Lipinski definition) is 0. The van der Waals surface area contributed by atoms with Gasteiger partial charge in [0.2, 0.25) is 5.91 Å². The number of ether oxygens (including phenoxy) is 1. The summed E-state index contributed by atoms with van der Waals surface area (Å²) < 4.78 is 5.17. The number of nitrogens with zero attached hydrogens (tertiary/aromatic N) is 3. The number of piperidine rings is 1. The van der Waals surface area contributed by atoms with E-state index in [2.05, 4.69) is 16.8 Å². The molecule has 0 aliphatic carbocycles. The van der Waals surface area contributed by atoms with Gasteiger partial charge in [-0.25, -0.2) is 0 Å². The number of methoxy groups -OCH3 is 1. The molecular weight excluding hydrogens is 314 g/mol. The molecule has 2 aliphatic heterocycles. The lowest BCUT2D eigenvalue weighted by Gasteiger charge is -2.40. The molecule has 0 radical (unpaired) electrons. The highest BCUT2D eigenvalue weighted by Gasteiger charge is 2.25. The van der Waals surface area contributed by atoms with E-state index in [9.17, 15) is 4.79 Å². The molecule has 1 aromatic rings. The second kappa shape index (κ2) is 8.68. The zero-order valence-corrected chi connectivity index (χ0v) is 15.6. The van der Waals surface area contributed by atoms with Gasteiger partial charge in [0.15, 0.2) is 0 Å². The van der Waals surface area contributed by atoms with Crippen molar-refractivity contribution in [3.63, 3.8) is 0 Å². The quantitative estimate of drug-likeness (QED) is 0.816. The average Bonchev–Trinajstić information content (AvgIpc) is 2.65. The summed E-state index contributed by atoms with van der Waals surface area (Å²) in [6.45, 7) is 6.08. The molecule has 0 aromatic heterocycles. The van der Waals surface area contributed by atoms with E-state index in [-0.39, 0.29) is 5.91 Å². The van der Waals surface area contributed by atoms with Gasteiger partial charge < -0.3 is 14.5 Å². The number of hydrogen-bond acceptors (Lipinski definition) is 4. The largest absolute Gasteiger partial charge is 0.497 e. The van der Waals surface area contributed by atoms with E-state index in [0.717, 1.165) is 44.0 Å². The maximum Gasteiger partial charge on any atom is 0.227 e. The van der Waals surface area contributed by atoms with E-state index >= 15 is 0 Å². The Hall–Kier alpha value is -1.59. The zero-order chi connectivity index (χ0) is 17.6. The van der Waals surface area contributed by atoms with Crippen molar-refractivity contribution < 1.29 is 9.53 Å². The van der Waals surface area contributed by atoms with E-state index in [1.807, 2.05) is 29.2 Å².